The molecule has 2 aromatic heterocycles. The van der Waals surface area contributed by atoms with Crippen molar-refractivity contribution in [1.82, 2.24) is 4.57 Å². The number of carbonyl (C=O) groups is 1. The van der Waals surface area contributed by atoms with Crippen LogP contribution in [0.4, 0.5) is 0 Å². The Morgan fingerprint density at radius 2 is 1.96 bits per heavy atom. The molecule has 3 heterocycles. The van der Waals surface area contributed by atoms with E-state index >= 15 is 0 Å². The highest BCUT2D eigenvalue weighted by Gasteiger charge is 2.32. The van der Waals surface area contributed by atoms with Gasteiger partial charge in [0, 0.05) is 6.08 Å². The lowest BCUT2D eigenvalue weighted by Crippen LogP contribution is -2.39. The first-order valence-corrected chi connectivity index (χ1v) is 9.53. The minimum atomic E-state index is -0.592. The summed E-state index contributed by atoms with van der Waals surface area (Å²) in [4.78, 5) is 30.8. The van der Waals surface area contributed by atoms with Crippen LogP contribution in [0.2, 0.25) is 0 Å². The molecular formula is C21H18N2O4S. The van der Waals surface area contributed by atoms with E-state index in [0.29, 0.717) is 26.4 Å². The summed E-state index contributed by atoms with van der Waals surface area (Å²) in [6.45, 7) is 3.61. The summed E-state index contributed by atoms with van der Waals surface area (Å²) in [6, 6.07) is 12.5. The zero-order valence-electron chi connectivity index (χ0n) is 15.6. The van der Waals surface area contributed by atoms with Gasteiger partial charge in [-0.15, -0.1) is 0 Å². The van der Waals surface area contributed by atoms with E-state index in [4.69, 9.17) is 9.15 Å². The second kappa shape index (κ2) is 7.09. The highest BCUT2D eigenvalue weighted by atomic mass is 32.1. The molecule has 0 unspecified atom stereocenters. The van der Waals surface area contributed by atoms with Crippen LogP contribution < -0.4 is 14.9 Å². The fraction of sp³-hybridized carbons (Fsp3) is 0.190. The Labute approximate surface area is 164 Å². The average molecular weight is 394 g/mol. The van der Waals surface area contributed by atoms with Gasteiger partial charge in [-0.3, -0.25) is 9.36 Å². The third-order valence-corrected chi connectivity index (χ3v) is 5.56. The Morgan fingerprint density at radius 1 is 1.21 bits per heavy atom. The van der Waals surface area contributed by atoms with E-state index in [9.17, 15) is 9.59 Å². The fourth-order valence-corrected chi connectivity index (χ4v) is 4.33. The van der Waals surface area contributed by atoms with Crippen molar-refractivity contribution in [3.05, 3.63) is 90.5 Å². The molecule has 0 saturated heterocycles. The quantitative estimate of drug-likeness (QED) is 0.639. The minimum Gasteiger partial charge on any atom is -0.466 e. The van der Waals surface area contributed by atoms with Crippen LogP contribution in [0.15, 0.2) is 67.9 Å². The molecule has 1 atom stereocenters. The lowest BCUT2D eigenvalue weighted by atomic mass is 9.96. The largest absolute Gasteiger partial charge is 0.466 e. The number of nitrogens with zero attached hydrogens (tertiary/aromatic N) is 2. The number of ether oxygens (including phenoxy) is 1. The van der Waals surface area contributed by atoms with Crippen LogP contribution in [-0.4, -0.2) is 17.6 Å². The second-order valence-electron chi connectivity index (χ2n) is 6.43. The molecule has 0 saturated carbocycles. The number of hydrogen-bond acceptors (Lipinski definition) is 6. The summed E-state index contributed by atoms with van der Waals surface area (Å²) in [6.07, 6.45) is 1.70. The predicted octanol–water partition coefficient (Wildman–Crippen LogP) is 2.31. The van der Waals surface area contributed by atoms with E-state index < -0.39 is 12.0 Å². The first kappa shape index (κ1) is 18.2. The molecular weight excluding hydrogens is 376 g/mol. The van der Waals surface area contributed by atoms with E-state index in [-0.39, 0.29) is 5.56 Å². The molecule has 0 spiro atoms. The number of methoxy groups -OCH3 is 1. The molecule has 142 valence electrons. The number of furan rings is 1. The molecule has 4 rings (SSSR count). The number of aryl methyl sites for hydroxylation is 1. The van der Waals surface area contributed by atoms with Crippen molar-refractivity contribution in [3.63, 3.8) is 0 Å². The van der Waals surface area contributed by atoms with Gasteiger partial charge in [-0.05, 0) is 31.5 Å². The van der Waals surface area contributed by atoms with E-state index in [1.807, 2.05) is 49.4 Å². The maximum absolute atomic E-state index is 13.2. The van der Waals surface area contributed by atoms with Gasteiger partial charge in [-0.2, -0.15) is 0 Å². The van der Waals surface area contributed by atoms with Gasteiger partial charge in [-0.1, -0.05) is 41.7 Å². The topological polar surface area (TPSA) is 73.8 Å². The number of thiazole rings is 1. The van der Waals surface area contributed by atoms with Gasteiger partial charge in [0.25, 0.3) is 5.56 Å². The third kappa shape index (κ3) is 3.03. The van der Waals surface area contributed by atoms with Gasteiger partial charge in [-0.25, -0.2) is 9.79 Å². The van der Waals surface area contributed by atoms with Gasteiger partial charge in [0.2, 0.25) is 0 Å². The van der Waals surface area contributed by atoms with Crippen molar-refractivity contribution >= 4 is 23.4 Å². The van der Waals surface area contributed by atoms with Crippen molar-refractivity contribution in [1.29, 1.82) is 0 Å². The normalized spacial score (nSPS) is 16.7. The Bertz CT molecular complexity index is 1260. The summed E-state index contributed by atoms with van der Waals surface area (Å²) >= 11 is 1.27. The van der Waals surface area contributed by atoms with Crippen molar-refractivity contribution < 1.29 is 13.9 Å². The Kier molecular flexibility index (Phi) is 4.60. The summed E-state index contributed by atoms with van der Waals surface area (Å²) in [7, 11) is 1.33. The van der Waals surface area contributed by atoms with E-state index in [1.165, 1.54) is 18.4 Å². The second-order valence-corrected chi connectivity index (χ2v) is 7.44. The smallest absolute Gasteiger partial charge is 0.338 e. The van der Waals surface area contributed by atoms with E-state index in [1.54, 1.807) is 17.6 Å². The molecule has 28 heavy (non-hydrogen) atoms. The van der Waals surface area contributed by atoms with Crippen LogP contribution in [0.1, 0.15) is 30.0 Å². The molecule has 0 fully saturated rings. The number of rotatable bonds is 3. The maximum Gasteiger partial charge on any atom is 0.338 e. The number of carbonyl (C=O) groups excluding carboxylic acids is 1. The highest BCUT2D eigenvalue weighted by molar-refractivity contribution is 7.07. The molecule has 6 nitrogen and oxygen atoms in total. The first-order valence-electron chi connectivity index (χ1n) is 8.72. The number of aromatic nitrogens is 1. The third-order valence-electron chi connectivity index (χ3n) is 4.58. The van der Waals surface area contributed by atoms with Gasteiger partial charge >= 0.3 is 5.97 Å². The summed E-state index contributed by atoms with van der Waals surface area (Å²) in [5.74, 6) is 0.874. The average Bonchev–Trinajstić information content (AvgIpc) is 3.24. The molecule has 1 aliphatic heterocycles. The van der Waals surface area contributed by atoms with Crippen molar-refractivity contribution in [3.8, 4) is 0 Å². The van der Waals surface area contributed by atoms with Crippen molar-refractivity contribution in [2.45, 2.75) is 19.9 Å². The zero-order valence-corrected chi connectivity index (χ0v) is 16.4. The lowest BCUT2D eigenvalue weighted by molar-refractivity contribution is -0.136. The van der Waals surface area contributed by atoms with E-state index in [2.05, 4.69) is 4.99 Å². The number of fused-ring (bicyclic) bond motifs is 1. The number of esters is 1. The molecule has 1 aromatic carbocycles. The number of allylic oxidation sites excluding steroid dienone is 1. The molecule has 0 radical (unpaired) electrons. The van der Waals surface area contributed by atoms with Crippen LogP contribution in [0.5, 0.6) is 0 Å². The molecule has 3 aromatic rings. The molecule has 7 heteroatoms. The summed E-state index contributed by atoms with van der Waals surface area (Å²) < 4.78 is 12.6. The number of benzene rings is 1. The van der Waals surface area contributed by atoms with Crippen LogP contribution >= 0.6 is 11.3 Å². The summed E-state index contributed by atoms with van der Waals surface area (Å²) in [5.41, 5.74) is 1.50. The van der Waals surface area contributed by atoms with Crippen molar-refractivity contribution in [2.24, 2.45) is 4.99 Å². The van der Waals surface area contributed by atoms with Gasteiger partial charge in [0.1, 0.15) is 11.5 Å². The molecule has 1 aliphatic rings. The molecule has 0 N–H and O–H groups in total. The fourth-order valence-electron chi connectivity index (χ4n) is 3.30. The summed E-state index contributed by atoms with van der Waals surface area (Å²) in [5, 5.41) is 0. The highest BCUT2D eigenvalue weighted by Crippen LogP contribution is 2.30. The van der Waals surface area contributed by atoms with Gasteiger partial charge in [0.15, 0.2) is 4.80 Å². The minimum absolute atomic E-state index is 0.222. The Morgan fingerprint density at radius 3 is 2.61 bits per heavy atom. The predicted molar refractivity (Wildman–Crippen MR) is 106 cm³/mol. The van der Waals surface area contributed by atoms with Crippen molar-refractivity contribution in [2.75, 3.05) is 7.11 Å². The van der Waals surface area contributed by atoms with Crippen LogP contribution in [0, 0.1) is 6.92 Å². The molecule has 0 bridgehead atoms. The standard InChI is InChI=1S/C21H18N2O4S/c1-12-9-10-15(27-12)11-16-19(24)23-18(14-7-5-4-6-8-14)17(20(25)26-3)13(2)22-21(23)28-16/h4-11,18H,1-3H3/b16-11+/t18-/m0/s1. The van der Waals surface area contributed by atoms with Crippen LogP contribution in [0.3, 0.4) is 0 Å². The van der Waals surface area contributed by atoms with Crippen LogP contribution in [-0.2, 0) is 9.53 Å². The first-order chi connectivity index (χ1) is 13.5. The Balaban J connectivity index is 1.99. The van der Waals surface area contributed by atoms with Crippen LogP contribution in [0.25, 0.3) is 6.08 Å². The molecule has 0 aliphatic carbocycles. The zero-order chi connectivity index (χ0) is 19.8. The van der Waals surface area contributed by atoms with E-state index in [0.717, 1.165) is 11.3 Å². The van der Waals surface area contributed by atoms with Gasteiger partial charge in [0.05, 0.1) is 29.0 Å². The maximum atomic E-state index is 13.2. The number of hydrogen-bond donors (Lipinski definition) is 0. The SMILES string of the molecule is COC(=O)C1=C(C)N=c2s/c(=C/c3ccc(C)o3)c(=O)n2[C@H]1c1ccccc1. The monoisotopic (exact) mass is 394 g/mol. The van der Waals surface area contributed by atoms with Gasteiger partial charge < -0.3 is 9.15 Å². The Hall–Kier alpha value is -3.19. The molecule has 0 amide bonds. The lowest BCUT2D eigenvalue weighted by Gasteiger charge is -2.24.